The van der Waals surface area contributed by atoms with E-state index in [0.29, 0.717) is 13.6 Å². The topological polar surface area (TPSA) is 157 Å². The summed E-state index contributed by atoms with van der Waals surface area (Å²) in [6, 6.07) is 12.3. The van der Waals surface area contributed by atoms with Gasteiger partial charge < -0.3 is 5.73 Å². The van der Waals surface area contributed by atoms with Crippen molar-refractivity contribution < 1.29 is 17.6 Å². The molecule has 32 heavy (non-hydrogen) atoms. The van der Waals surface area contributed by atoms with Gasteiger partial charge in [-0.05, 0) is 36.6 Å². The minimum absolute atomic E-state index is 0.0699. The molecule has 2 aromatic carbocycles. The monoisotopic (exact) mass is 574 g/mol. The second-order valence-corrected chi connectivity index (χ2v) is 13.1. The van der Waals surface area contributed by atoms with Gasteiger partial charge in [0, 0.05) is 10.5 Å². The molecule has 3 rings (SSSR count). The van der Waals surface area contributed by atoms with Crippen molar-refractivity contribution in [2.45, 2.75) is 18.9 Å². The second kappa shape index (κ2) is 9.31. The molecule has 0 spiro atoms. The number of hydrogen-bond acceptors (Lipinski definition) is 8. The van der Waals surface area contributed by atoms with Gasteiger partial charge in [0.2, 0.25) is 0 Å². The highest BCUT2D eigenvalue weighted by atomic mass is 79.9. The van der Waals surface area contributed by atoms with Crippen LogP contribution in [0.5, 0.6) is 0 Å². The molecule has 168 valence electrons. The standard InChI is InChI=1S/C18H15BrN4O5S4/c1-29-18-16(10-14(30-18)17(20)21)31(26,12-6-4-5-11(19)9-12)22-32(27,28)15-8-3-2-7-13(15)23(24)25/h2-10H,1H3,(H3,20,21). The predicted molar refractivity (Wildman–Crippen MR) is 129 cm³/mol. The van der Waals surface area contributed by atoms with E-state index in [9.17, 15) is 22.7 Å². The van der Waals surface area contributed by atoms with Crippen LogP contribution in [0.25, 0.3) is 0 Å². The molecule has 3 N–H and O–H groups in total. The fourth-order valence-corrected chi connectivity index (χ4v) is 9.92. The molecule has 0 amide bonds. The van der Waals surface area contributed by atoms with Crippen molar-refractivity contribution in [3.05, 3.63) is 74.1 Å². The van der Waals surface area contributed by atoms with Gasteiger partial charge in [0.1, 0.15) is 15.6 Å². The lowest BCUT2D eigenvalue weighted by Crippen LogP contribution is -2.10. The smallest absolute Gasteiger partial charge is 0.297 e. The molecule has 1 unspecified atom stereocenters. The van der Waals surface area contributed by atoms with E-state index >= 15 is 0 Å². The third kappa shape index (κ3) is 4.73. The number of amidine groups is 1. The van der Waals surface area contributed by atoms with E-state index in [2.05, 4.69) is 19.7 Å². The minimum atomic E-state index is -4.74. The van der Waals surface area contributed by atoms with Crippen molar-refractivity contribution in [2.24, 2.45) is 9.50 Å². The van der Waals surface area contributed by atoms with Gasteiger partial charge in [-0.3, -0.25) is 15.5 Å². The van der Waals surface area contributed by atoms with Crippen LogP contribution in [0.2, 0.25) is 0 Å². The molecule has 3 aromatic rings. The summed E-state index contributed by atoms with van der Waals surface area (Å²) in [7, 11) is -8.59. The van der Waals surface area contributed by atoms with Gasteiger partial charge in [-0.1, -0.05) is 37.9 Å². The zero-order valence-corrected chi connectivity index (χ0v) is 21.1. The van der Waals surface area contributed by atoms with E-state index in [-0.39, 0.29) is 15.6 Å². The normalized spacial score (nSPS) is 13.3. The van der Waals surface area contributed by atoms with E-state index in [1.807, 2.05) is 0 Å². The molecular formula is C18H15BrN4O5S4. The van der Waals surface area contributed by atoms with Crippen LogP contribution in [-0.2, 0) is 19.8 Å². The Balaban J connectivity index is 2.43. The summed E-state index contributed by atoms with van der Waals surface area (Å²) in [5, 5.41) is 19.1. The first-order valence-corrected chi connectivity index (χ1v) is 14.3. The fourth-order valence-electron chi connectivity index (χ4n) is 2.68. The van der Waals surface area contributed by atoms with Crippen molar-refractivity contribution in [1.82, 2.24) is 0 Å². The summed E-state index contributed by atoms with van der Waals surface area (Å²) in [5.41, 5.74) is 4.91. The fraction of sp³-hybridized carbons (Fsp3) is 0.0556. The zero-order chi connectivity index (χ0) is 23.7. The first kappa shape index (κ1) is 24.4. The van der Waals surface area contributed by atoms with Crippen LogP contribution in [0, 0.1) is 15.5 Å². The van der Waals surface area contributed by atoms with Crippen LogP contribution in [0.4, 0.5) is 5.69 Å². The number of nitrogen functional groups attached to an aromatic ring is 1. The highest BCUT2D eigenvalue weighted by Crippen LogP contribution is 2.40. The number of nitrogens with one attached hydrogen (secondary N) is 1. The van der Waals surface area contributed by atoms with Crippen molar-refractivity contribution in [1.29, 1.82) is 5.41 Å². The molecule has 0 bridgehead atoms. The lowest BCUT2D eigenvalue weighted by Gasteiger charge is -2.12. The average molecular weight is 576 g/mol. The highest BCUT2D eigenvalue weighted by Gasteiger charge is 2.31. The van der Waals surface area contributed by atoms with Gasteiger partial charge in [0.15, 0.2) is 4.90 Å². The van der Waals surface area contributed by atoms with Crippen LogP contribution in [0.15, 0.2) is 81.7 Å². The Hall–Kier alpha value is -2.26. The average Bonchev–Trinajstić information content (AvgIpc) is 3.19. The van der Waals surface area contributed by atoms with E-state index < -0.39 is 35.3 Å². The quantitative estimate of drug-likeness (QED) is 0.136. The molecule has 0 fully saturated rings. The van der Waals surface area contributed by atoms with E-state index in [4.69, 9.17) is 11.1 Å². The number of halogens is 1. The summed E-state index contributed by atoms with van der Waals surface area (Å²) in [4.78, 5) is 10.3. The minimum Gasteiger partial charge on any atom is -0.383 e. The maximum Gasteiger partial charge on any atom is 0.297 e. The van der Waals surface area contributed by atoms with E-state index in [1.54, 1.807) is 18.4 Å². The Morgan fingerprint density at radius 1 is 1.16 bits per heavy atom. The van der Waals surface area contributed by atoms with E-state index in [1.165, 1.54) is 42.1 Å². The molecule has 0 saturated carbocycles. The van der Waals surface area contributed by atoms with Gasteiger partial charge >= 0.3 is 0 Å². The number of nitrogens with zero attached hydrogens (tertiary/aromatic N) is 2. The van der Waals surface area contributed by atoms with Crippen LogP contribution < -0.4 is 5.73 Å². The zero-order valence-electron chi connectivity index (χ0n) is 16.2. The third-order valence-electron chi connectivity index (χ3n) is 4.07. The van der Waals surface area contributed by atoms with Gasteiger partial charge in [-0.15, -0.1) is 23.1 Å². The largest absolute Gasteiger partial charge is 0.383 e. The summed E-state index contributed by atoms with van der Waals surface area (Å²) in [6.45, 7) is 0. The number of hydrogen-bond donors (Lipinski definition) is 2. The van der Waals surface area contributed by atoms with Gasteiger partial charge in [0.05, 0.1) is 23.8 Å². The summed E-state index contributed by atoms with van der Waals surface area (Å²) >= 11 is 5.57. The lowest BCUT2D eigenvalue weighted by atomic mass is 10.3. The first-order chi connectivity index (χ1) is 15.0. The highest BCUT2D eigenvalue weighted by molar-refractivity contribution is 9.10. The first-order valence-electron chi connectivity index (χ1n) is 8.54. The molecule has 0 saturated heterocycles. The van der Waals surface area contributed by atoms with E-state index in [0.717, 1.165) is 23.5 Å². The maximum absolute atomic E-state index is 14.4. The molecule has 0 aliphatic heterocycles. The molecule has 1 heterocycles. The Bertz CT molecular complexity index is 1460. The molecule has 0 radical (unpaired) electrons. The number of benzene rings is 2. The SMILES string of the molecule is CSc1sc(C(=N)N)cc1S(=O)(=NS(=O)(=O)c1ccccc1[N+](=O)[O-])c1cccc(Br)c1. The van der Waals surface area contributed by atoms with Crippen molar-refractivity contribution in [3.63, 3.8) is 0 Å². The maximum atomic E-state index is 14.4. The second-order valence-electron chi connectivity index (χ2n) is 6.14. The van der Waals surface area contributed by atoms with Gasteiger partial charge in [-0.2, -0.15) is 8.42 Å². The van der Waals surface area contributed by atoms with Crippen LogP contribution >= 0.6 is 39.0 Å². The van der Waals surface area contributed by atoms with Crippen molar-refractivity contribution in [2.75, 3.05) is 6.26 Å². The number of nitrogens with two attached hydrogens (primary N) is 1. The molecule has 0 aliphatic rings. The number of para-hydroxylation sites is 1. The van der Waals surface area contributed by atoms with Crippen molar-refractivity contribution in [3.8, 4) is 0 Å². The van der Waals surface area contributed by atoms with Gasteiger partial charge in [-0.25, -0.2) is 4.21 Å². The molecule has 1 atom stereocenters. The summed E-state index contributed by atoms with van der Waals surface area (Å²) < 4.78 is 45.6. The number of rotatable bonds is 7. The number of thioether (sulfide) groups is 1. The Morgan fingerprint density at radius 3 is 2.44 bits per heavy atom. The molecular weight excluding hydrogens is 560 g/mol. The Labute approximate surface area is 201 Å². The molecule has 1 aromatic heterocycles. The number of sulfonamides is 1. The number of nitro groups is 1. The molecule has 0 aliphatic carbocycles. The number of thiophene rings is 1. The summed E-state index contributed by atoms with van der Waals surface area (Å²) in [6.07, 6.45) is 1.70. The van der Waals surface area contributed by atoms with Crippen LogP contribution in [0.1, 0.15) is 4.88 Å². The molecule has 9 nitrogen and oxygen atoms in total. The van der Waals surface area contributed by atoms with Crippen LogP contribution in [0.3, 0.4) is 0 Å². The lowest BCUT2D eigenvalue weighted by molar-refractivity contribution is -0.387. The summed E-state index contributed by atoms with van der Waals surface area (Å²) in [5.74, 6) is -0.269. The Morgan fingerprint density at radius 2 is 1.84 bits per heavy atom. The number of nitro benzene ring substituents is 1. The van der Waals surface area contributed by atoms with Crippen LogP contribution in [-0.4, -0.2) is 29.6 Å². The predicted octanol–water partition coefficient (Wildman–Crippen LogP) is 4.70. The molecule has 14 heteroatoms. The Kier molecular flexibility index (Phi) is 7.09. The third-order valence-corrected chi connectivity index (χ3v) is 11.5. The van der Waals surface area contributed by atoms with Crippen molar-refractivity contribution >= 4 is 70.3 Å². The van der Waals surface area contributed by atoms with Gasteiger partial charge in [0.25, 0.3) is 15.7 Å².